The first-order chi connectivity index (χ1) is 14.1. The van der Waals surface area contributed by atoms with E-state index in [0.717, 1.165) is 10.6 Å². The molecule has 3 rings (SSSR count). The summed E-state index contributed by atoms with van der Waals surface area (Å²) >= 11 is 0. The summed E-state index contributed by atoms with van der Waals surface area (Å²) in [5, 5.41) is 12.6. The van der Waals surface area contributed by atoms with Crippen molar-refractivity contribution in [2.45, 2.75) is 23.1 Å². The van der Waals surface area contributed by atoms with Crippen LogP contribution >= 0.6 is 0 Å². The fraction of sp³-hybridized carbons (Fsp3) is 0.389. The Labute approximate surface area is 175 Å². The molecule has 12 heteroatoms. The fourth-order valence-corrected chi connectivity index (χ4v) is 5.24. The van der Waals surface area contributed by atoms with Gasteiger partial charge in [-0.1, -0.05) is 12.1 Å². The molecule has 0 spiro atoms. The molecular weight excluding hydrogens is 430 g/mol. The molecule has 1 aliphatic heterocycles. The number of benzene rings is 1. The molecule has 1 saturated heterocycles. The molecule has 0 bridgehead atoms. The fourth-order valence-electron chi connectivity index (χ4n) is 3.12. The SMILES string of the molecule is CN(c1ccccc1C(=O)Nc1ccc(S(=O)(=O)C2CCNCC2)nn1)S(C)(=O)=O. The standard InChI is InChI=1S/C18H23N5O5S2/c1-23(29(2,25)26)15-6-4-3-5-14(15)18(24)20-16-7-8-17(22-21-16)30(27,28)13-9-11-19-12-10-13/h3-8,13,19H,9-12H2,1-2H3,(H,20,21,24). The van der Waals surface area contributed by atoms with Crippen LogP contribution in [-0.4, -0.2) is 64.6 Å². The summed E-state index contributed by atoms with van der Waals surface area (Å²) in [6.45, 7) is 1.26. The number of para-hydroxylation sites is 1. The van der Waals surface area contributed by atoms with Crippen molar-refractivity contribution >= 4 is 37.3 Å². The number of hydrogen-bond acceptors (Lipinski definition) is 8. The zero-order chi connectivity index (χ0) is 21.9. The first-order valence-corrected chi connectivity index (χ1v) is 12.6. The first kappa shape index (κ1) is 22.1. The average Bonchev–Trinajstić information content (AvgIpc) is 2.73. The molecule has 0 atom stereocenters. The van der Waals surface area contributed by atoms with Crippen molar-refractivity contribution in [3.63, 3.8) is 0 Å². The van der Waals surface area contributed by atoms with E-state index in [1.807, 2.05) is 0 Å². The minimum Gasteiger partial charge on any atom is -0.317 e. The van der Waals surface area contributed by atoms with Crippen molar-refractivity contribution in [1.82, 2.24) is 15.5 Å². The third-order valence-electron chi connectivity index (χ3n) is 4.88. The predicted molar refractivity (Wildman–Crippen MR) is 113 cm³/mol. The van der Waals surface area contributed by atoms with Crippen molar-refractivity contribution in [3.8, 4) is 0 Å². The van der Waals surface area contributed by atoms with Crippen LogP contribution < -0.4 is 14.9 Å². The number of aromatic nitrogens is 2. The van der Waals surface area contributed by atoms with Gasteiger partial charge in [-0.3, -0.25) is 9.10 Å². The maximum absolute atomic E-state index is 12.7. The van der Waals surface area contributed by atoms with Crippen LogP contribution in [0.2, 0.25) is 0 Å². The normalized spacial score (nSPS) is 15.5. The predicted octanol–water partition coefficient (Wildman–Crippen LogP) is 0.650. The Balaban J connectivity index is 1.79. The molecule has 1 fully saturated rings. The Morgan fingerprint density at radius 1 is 1.07 bits per heavy atom. The van der Waals surface area contributed by atoms with Crippen molar-refractivity contribution < 1.29 is 21.6 Å². The smallest absolute Gasteiger partial charge is 0.259 e. The van der Waals surface area contributed by atoms with Gasteiger partial charge in [-0.05, 0) is 50.2 Å². The zero-order valence-corrected chi connectivity index (χ0v) is 18.2. The lowest BCUT2D eigenvalue weighted by atomic mass is 10.1. The van der Waals surface area contributed by atoms with Gasteiger partial charge in [0.2, 0.25) is 10.0 Å². The van der Waals surface area contributed by atoms with E-state index in [9.17, 15) is 21.6 Å². The number of nitrogens with one attached hydrogen (secondary N) is 2. The summed E-state index contributed by atoms with van der Waals surface area (Å²) in [5.41, 5.74) is 0.328. The molecule has 1 aliphatic rings. The summed E-state index contributed by atoms with van der Waals surface area (Å²) < 4.78 is 50.0. The van der Waals surface area contributed by atoms with E-state index < -0.39 is 31.0 Å². The monoisotopic (exact) mass is 453 g/mol. The minimum atomic E-state index is -3.59. The average molecular weight is 454 g/mol. The molecule has 30 heavy (non-hydrogen) atoms. The van der Waals surface area contributed by atoms with E-state index in [2.05, 4.69) is 20.8 Å². The second kappa shape index (κ2) is 8.66. The Morgan fingerprint density at radius 2 is 1.73 bits per heavy atom. The molecule has 1 amide bonds. The van der Waals surface area contributed by atoms with Crippen LogP contribution in [0, 0.1) is 0 Å². The van der Waals surface area contributed by atoms with Gasteiger partial charge in [0.25, 0.3) is 5.91 Å². The molecule has 162 valence electrons. The summed E-state index contributed by atoms with van der Waals surface area (Å²) in [4.78, 5) is 12.7. The van der Waals surface area contributed by atoms with Crippen LogP contribution in [0.5, 0.6) is 0 Å². The Morgan fingerprint density at radius 3 is 2.33 bits per heavy atom. The van der Waals surface area contributed by atoms with Crippen LogP contribution in [0.1, 0.15) is 23.2 Å². The largest absolute Gasteiger partial charge is 0.317 e. The number of nitrogens with zero attached hydrogens (tertiary/aromatic N) is 3. The number of sulfonamides is 1. The Hall–Kier alpha value is -2.57. The van der Waals surface area contributed by atoms with Crippen molar-refractivity contribution in [1.29, 1.82) is 0 Å². The van der Waals surface area contributed by atoms with Crippen molar-refractivity contribution in [3.05, 3.63) is 42.0 Å². The number of piperidine rings is 1. The quantitative estimate of drug-likeness (QED) is 0.650. The minimum absolute atomic E-state index is 0.0565. The summed E-state index contributed by atoms with van der Waals surface area (Å²) in [6.07, 6.45) is 2.05. The first-order valence-electron chi connectivity index (χ1n) is 9.23. The van der Waals surface area contributed by atoms with Gasteiger partial charge in [0.05, 0.1) is 22.8 Å². The molecule has 0 radical (unpaired) electrons. The number of anilines is 2. The van der Waals surface area contributed by atoms with Crippen LogP contribution in [0.25, 0.3) is 0 Å². The van der Waals surface area contributed by atoms with Gasteiger partial charge in [-0.15, -0.1) is 10.2 Å². The molecule has 2 heterocycles. The lowest BCUT2D eigenvalue weighted by Crippen LogP contribution is -2.36. The molecule has 2 N–H and O–H groups in total. The highest BCUT2D eigenvalue weighted by Crippen LogP contribution is 2.23. The second-order valence-electron chi connectivity index (χ2n) is 6.95. The lowest BCUT2D eigenvalue weighted by molar-refractivity contribution is 0.102. The molecule has 10 nitrogen and oxygen atoms in total. The molecule has 2 aromatic rings. The van der Waals surface area contributed by atoms with Crippen LogP contribution in [-0.2, 0) is 19.9 Å². The highest BCUT2D eigenvalue weighted by atomic mass is 32.2. The Bertz CT molecular complexity index is 1130. The van der Waals surface area contributed by atoms with Crippen LogP contribution in [0.4, 0.5) is 11.5 Å². The summed E-state index contributed by atoms with van der Waals surface area (Å²) in [5.74, 6) is -0.537. The molecule has 0 aliphatic carbocycles. The number of rotatable bonds is 6. The van der Waals surface area contributed by atoms with E-state index in [-0.39, 0.29) is 22.1 Å². The van der Waals surface area contributed by atoms with Crippen molar-refractivity contribution in [2.24, 2.45) is 0 Å². The number of carbonyl (C=O) groups is 1. The molecule has 1 aromatic carbocycles. The molecule has 0 unspecified atom stereocenters. The third-order valence-corrected chi connectivity index (χ3v) is 8.23. The lowest BCUT2D eigenvalue weighted by Gasteiger charge is -2.22. The maximum Gasteiger partial charge on any atom is 0.259 e. The summed E-state index contributed by atoms with van der Waals surface area (Å²) in [6, 6.07) is 8.89. The number of hydrogen-bond donors (Lipinski definition) is 2. The third kappa shape index (κ3) is 4.77. The molecule has 1 aromatic heterocycles. The van der Waals surface area contributed by atoms with E-state index in [1.54, 1.807) is 12.1 Å². The van der Waals surface area contributed by atoms with Gasteiger partial charge in [0, 0.05) is 7.05 Å². The van der Waals surface area contributed by atoms with Gasteiger partial charge >= 0.3 is 0 Å². The highest BCUT2D eigenvalue weighted by Gasteiger charge is 2.30. The van der Waals surface area contributed by atoms with Crippen LogP contribution in [0.3, 0.4) is 0 Å². The van der Waals surface area contributed by atoms with E-state index >= 15 is 0 Å². The molecule has 0 saturated carbocycles. The van der Waals surface area contributed by atoms with Gasteiger partial charge in [0.1, 0.15) is 0 Å². The topological polar surface area (TPSA) is 138 Å². The molecular formula is C18H23N5O5S2. The van der Waals surface area contributed by atoms with Gasteiger partial charge in [0.15, 0.2) is 20.7 Å². The van der Waals surface area contributed by atoms with E-state index in [4.69, 9.17) is 0 Å². The summed E-state index contributed by atoms with van der Waals surface area (Å²) in [7, 11) is -5.81. The second-order valence-corrected chi connectivity index (χ2v) is 11.1. The van der Waals surface area contributed by atoms with E-state index in [0.29, 0.717) is 25.9 Å². The van der Waals surface area contributed by atoms with Crippen molar-refractivity contribution in [2.75, 3.05) is 36.0 Å². The number of amides is 1. The highest BCUT2D eigenvalue weighted by molar-refractivity contribution is 7.92. The zero-order valence-electron chi connectivity index (χ0n) is 16.6. The Kier molecular flexibility index (Phi) is 6.38. The van der Waals surface area contributed by atoms with E-state index in [1.165, 1.54) is 31.3 Å². The maximum atomic E-state index is 12.7. The van der Waals surface area contributed by atoms with Gasteiger partial charge in [-0.25, -0.2) is 16.8 Å². The number of carbonyl (C=O) groups excluding carboxylic acids is 1. The van der Waals surface area contributed by atoms with Crippen LogP contribution in [0.15, 0.2) is 41.4 Å². The van der Waals surface area contributed by atoms with Gasteiger partial charge < -0.3 is 10.6 Å². The van der Waals surface area contributed by atoms with Gasteiger partial charge in [-0.2, -0.15) is 0 Å². The number of sulfone groups is 1.